The van der Waals surface area contributed by atoms with Gasteiger partial charge in [-0.15, -0.1) is 0 Å². The maximum Gasteiger partial charge on any atom is 0.508 e. The van der Waals surface area contributed by atoms with E-state index in [0.717, 1.165) is 0 Å². The number of sulfone groups is 1. The smallest absolute Gasteiger partial charge is 0.434 e. The molecule has 1 aliphatic rings. The number of aliphatic hydroxyl groups is 1. The number of ether oxygens (including phenoxy) is 2. The fourth-order valence-electron chi connectivity index (χ4n) is 3.00. The molecule has 0 aromatic heterocycles. The van der Waals surface area contributed by atoms with Crippen LogP contribution in [0.3, 0.4) is 0 Å². The Morgan fingerprint density at radius 1 is 0.931 bits per heavy atom. The molecule has 0 saturated heterocycles. The Morgan fingerprint density at radius 2 is 1.62 bits per heavy atom. The molecule has 7 nitrogen and oxygen atoms in total. The van der Waals surface area contributed by atoms with Crippen LogP contribution < -0.4 is 0 Å². The molecule has 0 saturated carbocycles. The average molecular weight is 416 g/mol. The predicted molar refractivity (Wildman–Crippen MR) is 105 cm³/mol. The number of fused-ring (bicyclic) bond motifs is 1. The van der Waals surface area contributed by atoms with Gasteiger partial charge in [0, 0.05) is 17.7 Å². The molecular formula is C21H20O7S. The lowest BCUT2D eigenvalue weighted by molar-refractivity contribution is 0.0602. The van der Waals surface area contributed by atoms with Crippen molar-refractivity contribution in [2.24, 2.45) is 0 Å². The van der Waals surface area contributed by atoms with Gasteiger partial charge in [-0.3, -0.25) is 4.79 Å². The van der Waals surface area contributed by atoms with Gasteiger partial charge in [0.15, 0.2) is 5.78 Å². The fourth-order valence-corrected chi connectivity index (χ4v) is 4.67. The van der Waals surface area contributed by atoms with E-state index in [2.05, 4.69) is 0 Å². The Hall–Kier alpha value is -2.97. The maximum absolute atomic E-state index is 13.2. The van der Waals surface area contributed by atoms with Gasteiger partial charge in [-0.2, -0.15) is 0 Å². The molecule has 0 spiro atoms. The molecule has 1 heterocycles. The van der Waals surface area contributed by atoms with Crippen LogP contribution in [0.4, 0.5) is 4.79 Å². The van der Waals surface area contributed by atoms with Crippen molar-refractivity contribution in [1.82, 2.24) is 0 Å². The van der Waals surface area contributed by atoms with Crippen molar-refractivity contribution < 1.29 is 32.6 Å². The molecular weight excluding hydrogens is 396 g/mol. The predicted octanol–water partition coefficient (Wildman–Crippen LogP) is 2.99. The largest absolute Gasteiger partial charge is 0.508 e. The average Bonchev–Trinajstić information content (AvgIpc) is 2.73. The highest BCUT2D eigenvalue weighted by molar-refractivity contribution is 7.95. The summed E-state index contributed by atoms with van der Waals surface area (Å²) in [7, 11) is -4.04. The molecule has 0 bridgehead atoms. The van der Waals surface area contributed by atoms with E-state index in [4.69, 9.17) is 14.6 Å². The summed E-state index contributed by atoms with van der Waals surface area (Å²) in [5.41, 5.74) is 0.490. The summed E-state index contributed by atoms with van der Waals surface area (Å²) >= 11 is 0. The Balaban J connectivity index is 1.95. The molecule has 0 amide bonds. The highest BCUT2D eigenvalue weighted by Crippen LogP contribution is 2.37. The van der Waals surface area contributed by atoms with Gasteiger partial charge in [0.2, 0.25) is 9.84 Å². The topological polar surface area (TPSA) is 107 Å². The summed E-state index contributed by atoms with van der Waals surface area (Å²) in [5, 5.41) is 8.73. The van der Waals surface area contributed by atoms with Gasteiger partial charge in [-0.05, 0) is 30.5 Å². The van der Waals surface area contributed by atoms with Crippen LogP contribution in [0.15, 0.2) is 64.4 Å². The molecule has 0 aliphatic carbocycles. The Labute approximate surface area is 168 Å². The van der Waals surface area contributed by atoms with Crippen LogP contribution in [0.25, 0.3) is 5.57 Å². The van der Waals surface area contributed by atoms with Crippen molar-refractivity contribution in [2.75, 3.05) is 19.8 Å². The molecule has 0 atom stereocenters. The van der Waals surface area contributed by atoms with Gasteiger partial charge in [0.1, 0.15) is 6.61 Å². The third-order valence-corrected chi connectivity index (χ3v) is 6.31. The van der Waals surface area contributed by atoms with Crippen LogP contribution >= 0.6 is 0 Å². The molecule has 29 heavy (non-hydrogen) atoms. The summed E-state index contributed by atoms with van der Waals surface area (Å²) in [6.45, 7) is -0.602. The van der Waals surface area contributed by atoms with Crippen molar-refractivity contribution in [2.45, 2.75) is 17.7 Å². The van der Waals surface area contributed by atoms with Crippen molar-refractivity contribution in [1.29, 1.82) is 0 Å². The SMILES string of the molecule is O=C(OCCCCO)OCC1=C(c2ccccc2)C(=O)c2ccccc2S1(=O)=O. The summed E-state index contributed by atoms with van der Waals surface area (Å²) in [5.74, 6) is -0.448. The van der Waals surface area contributed by atoms with Gasteiger partial charge in [0.05, 0.1) is 16.4 Å². The lowest BCUT2D eigenvalue weighted by atomic mass is 9.96. The van der Waals surface area contributed by atoms with Gasteiger partial charge in [-0.1, -0.05) is 42.5 Å². The van der Waals surface area contributed by atoms with Crippen molar-refractivity contribution in [3.8, 4) is 0 Å². The minimum Gasteiger partial charge on any atom is -0.434 e. The lowest BCUT2D eigenvalue weighted by Crippen LogP contribution is -2.25. The second kappa shape index (κ2) is 9.02. The van der Waals surface area contributed by atoms with E-state index in [1.165, 1.54) is 18.2 Å². The van der Waals surface area contributed by atoms with Crippen LogP contribution in [0, 0.1) is 0 Å². The summed E-state index contributed by atoms with van der Waals surface area (Å²) in [6.07, 6.45) is -0.117. The normalized spacial score (nSPS) is 15.0. The number of carbonyl (C=O) groups excluding carboxylic acids is 2. The second-order valence-corrected chi connectivity index (χ2v) is 8.25. The molecule has 0 unspecified atom stereocenters. The number of Topliss-reactive ketones (excluding diaryl/α,β-unsaturated/α-hetero) is 1. The highest BCUT2D eigenvalue weighted by atomic mass is 32.2. The third kappa shape index (κ3) is 4.38. The number of benzene rings is 2. The zero-order chi connectivity index (χ0) is 20.9. The number of ketones is 1. The van der Waals surface area contributed by atoms with Crippen molar-refractivity contribution in [3.63, 3.8) is 0 Å². The van der Waals surface area contributed by atoms with E-state index < -0.39 is 28.4 Å². The molecule has 1 aliphatic heterocycles. The summed E-state index contributed by atoms with van der Waals surface area (Å²) in [6, 6.07) is 14.3. The van der Waals surface area contributed by atoms with Crippen molar-refractivity contribution >= 4 is 27.3 Å². The second-order valence-electron chi connectivity index (χ2n) is 6.31. The zero-order valence-electron chi connectivity index (χ0n) is 15.5. The molecule has 0 fully saturated rings. The quantitative estimate of drug-likeness (QED) is 0.546. The Bertz CT molecular complexity index is 1040. The van der Waals surface area contributed by atoms with Crippen LogP contribution in [-0.2, 0) is 19.3 Å². The Morgan fingerprint density at radius 3 is 2.34 bits per heavy atom. The molecule has 1 N–H and O–H groups in total. The van der Waals surface area contributed by atoms with Crippen LogP contribution in [0.2, 0.25) is 0 Å². The standard InChI is InChI=1S/C21H20O7S/c22-12-6-7-13-27-21(24)28-14-18-19(15-8-2-1-3-9-15)20(23)16-10-4-5-11-17(16)29(18,25)26/h1-5,8-11,22H,6-7,12-14H2. The monoisotopic (exact) mass is 416 g/mol. The summed E-state index contributed by atoms with van der Waals surface area (Å²) < 4.78 is 36.2. The van der Waals surface area contributed by atoms with E-state index in [9.17, 15) is 18.0 Å². The number of unbranched alkanes of at least 4 members (excludes halogenated alkanes) is 1. The first kappa shape index (κ1) is 20.8. The number of carbonyl (C=O) groups is 2. The van der Waals surface area contributed by atoms with E-state index in [1.807, 2.05) is 0 Å². The first-order chi connectivity index (χ1) is 14.0. The maximum atomic E-state index is 13.2. The fraction of sp³-hybridized carbons (Fsp3) is 0.238. The number of allylic oxidation sites excluding steroid dienone is 1. The van der Waals surface area contributed by atoms with Gasteiger partial charge in [0.25, 0.3) is 0 Å². The summed E-state index contributed by atoms with van der Waals surface area (Å²) in [4.78, 5) is 24.5. The molecule has 152 valence electrons. The zero-order valence-corrected chi connectivity index (χ0v) is 16.4. The van der Waals surface area contributed by atoms with Gasteiger partial charge < -0.3 is 14.6 Å². The van der Waals surface area contributed by atoms with Gasteiger partial charge in [-0.25, -0.2) is 13.2 Å². The molecule has 0 radical (unpaired) electrons. The first-order valence-corrected chi connectivity index (χ1v) is 10.5. The third-order valence-electron chi connectivity index (χ3n) is 4.41. The van der Waals surface area contributed by atoms with Crippen LogP contribution in [0.5, 0.6) is 0 Å². The Kier molecular flexibility index (Phi) is 6.46. The lowest BCUT2D eigenvalue weighted by Gasteiger charge is -2.22. The number of aliphatic hydroxyl groups excluding tert-OH is 1. The number of hydrogen-bond acceptors (Lipinski definition) is 7. The van der Waals surface area contributed by atoms with Gasteiger partial charge >= 0.3 is 6.16 Å². The van der Waals surface area contributed by atoms with Crippen LogP contribution in [-0.4, -0.2) is 45.3 Å². The van der Waals surface area contributed by atoms with Crippen LogP contribution in [0.1, 0.15) is 28.8 Å². The van der Waals surface area contributed by atoms with E-state index in [1.54, 1.807) is 36.4 Å². The molecule has 8 heteroatoms. The minimum absolute atomic E-state index is 0.0163. The molecule has 2 aromatic rings. The van der Waals surface area contributed by atoms with E-state index in [0.29, 0.717) is 18.4 Å². The number of hydrogen-bond donors (Lipinski definition) is 1. The highest BCUT2D eigenvalue weighted by Gasteiger charge is 2.38. The number of rotatable bonds is 7. The van der Waals surface area contributed by atoms with E-state index in [-0.39, 0.29) is 34.2 Å². The first-order valence-electron chi connectivity index (χ1n) is 9.04. The van der Waals surface area contributed by atoms with Crippen molar-refractivity contribution in [3.05, 3.63) is 70.6 Å². The molecule has 3 rings (SSSR count). The minimum atomic E-state index is -4.04. The molecule has 2 aromatic carbocycles. The van der Waals surface area contributed by atoms with E-state index >= 15 is 0 Å².